The summed E-state index contributed by atoms with van der Waals surface area (Å²) in [6, 6.07) is 0. The molecule has 0 aromatic rings. The van der Waals surface area contributed by atoms with E-state index in [0.29, 0.717) is 0 Å². The molecule has 0 N–H and O–H groups in total. The van der Waals surface area contributed by atoms with Gasteiger partial charge in [0.25, 0.3) is 0 Å². The first kappa shape index (κ1) is 11.1. The van der Waals surface area contributed by atoms with Gasteiger partial charge in [0.1, 0.15) is 0 Å². The van der Waals surface area contributed by atoms with Gasteiger partial charge < -0.3 is 0 Å². The fraction of sp³-hybridized carbons (Fsp3) is 0. The summed E-state index contributed by atoms with van der Waals surface area (Å²) in [7, 11) is 0. The van der Waals surface area contributed by atoms with Crippen molar-refractivity contribution in [3.05, 3.63) is 22.9 Å². The zero-order valence-corrected chi connectivity index (χ0v) is 6.19. The molecule has 0 amide bonds. The molecular weight excluding hydrogens is 173 g/mol. The smallest absolute Gasteiger partial charge is 0.181 e. The fourth-order valence-electron chi connectivity index (χ4n) is 0. The Labute approximate surface area is 62.5 Å². The molecule has 0 unspecified atom stereocenters. The monoisotopic (exact) mass is 176 g/mol. The van der Waals surface area contributed by atoms with Crippen molar-refractivity contribution in [2.75, 3.05) is 0 Å². The lowest BCUT2D eigenvalue weighted by molar-refractivity contribution is 0.699. The third-order valence-electron chi connectivity index (χ3n) is 0. The van der Waals surface area contributed by atoms with Gasteiger partial charge in [-0.15, -0.1) is 0 Å². The predicted octanol–water partition coefficient (Wildman–Crippen LogP) is 3.60. The standard InChI is InChI=1S/C2H2Cl2.C2H2ClF/c2*1-2(3)4/h2*1H2. The van der Waals surface area contributed by atoms with Crippen molar-refractivity contribution in [3.8, 4) is 0 Å². The molecule has 8 heavy (non-hydrogen) atoms. The summed E-state index contributed by atoms with van der Waals surface area (Å²) in [5.41, 5.74) is 0. The molecule has 0 aliphatic rings. The van der Waals surface area contributed by atoms with Gasteiger partial charge in [-0.05, 0) is 0 Å². The van der Waals surface area contributed by atoms with E-state index in [4.69, 9.17) is 23.2 Å². The molecule has 48 valence electrons. The molecule has 0 nitrogen and oxygen atoms in total. The third kappa shape index (κ3) is 2230. The average molecular weight is 177 g/mol. The lowest BCUT2D eigenvalue weighted by Crippen LogP contribution is -1.28. The van der Waals surface area contributed by atoms with E-state index in [2.05, 4.69) is 24.8 Å². The molecule has 0 fully saturated rings. The summed E-state index contributed by atoms with van der Waals surface area (Å²) in [4.78, 5) is 0. The van der Waals surface area contributed by atoms with E-state index in [1.165, 1.54) is 0 Å². The average Bonchev–Trinajstić information content (AvgIpc) is 1.25. The molecule has 0 heterocycles. The van der Waals surface area contributed by atoms with Crippen molar-refractivity contribution < 1.29 is 4.39 Å². The Morgan fingerprint density at radius 2 is 1.12 bits per heavy atom. The van der Waals surface area contributed by atoms with E-state index in [1.807, 2.05) is 0 Å². The van der Waals surface area contributed by atoms with Crippen LogP contribution in [-0.4, -0.2) is 0 Å². The highest BCUT2D eigenvalue weighted by molar-refractivity contribution is 6.55. The maximum absolute atomic E-state index is 10.6. The highest BCUT2D eigenvalue weighted by Gasteiger charge is 1.63. The van der Waals surface area contributed by atoms with Crippen LogP contribution in [-0.2, 0) is 0 Å². The zero-order valence-electron chi connectivity index (χ0n) is 3.93. The van der Waals surface area contributed by atoms with Gasteiger partial charge in [-0.2, -0.15) is 4.39 Å². The number of hydrogen-bond donors (Lipinski definition) is 0. The molecule has 0 rings (SSSR count). The van der Waals surface area contributed by atoms with Crippen LogP contribution < -0.4 is 0 Å². The number of hydrogen-bond acceptors (Lipinski definition) is 0. The van der Waals surface area contributed by atoms with Crippen molar-refractivity contribution in [3.63, 3.8) is 0 Å². The second-order valence-corrected chi connectivity index (χ2v) is 2.19. The van der Waals surface area contributed by atoms with E-state index in [0.717, 1.165) is 0 Å². The maximum atomic E-state index is 10.6. The Bertz CT molecular complexity index is 69.3. The van der Waals surface area contributed by atoms with Crippen LogP contribution in [0.4, 0.5) is 4.39 Å². The van der Waals surface area contributed by atoms with Gasteiger partial charge in [0, 0.05) is 0 Å². The van der Waals surface area contributed by atoms with Crippen LogP contribution in [0.25, 0.3) is 0 Å². The third-order valence-corrected chi connectivity index (χ3v) is 0. The molecule has 0 bridgehead atoms. The first-order chi connectivity index (χ1) is 3.46. The largest absolute Gasteiger partial charge is 0.194 e. The van der Waals surface area contributed by atoms with Crippen LogP contribution in [0, 0.1) is 0 Å². The van der Waals surface area contributed by atoms with Crippen molar-refractivity contribution in [2.45, 2.75) is 0 Å². The second-order valence-electron chi connectivity index (χ2n) is 0.677. The summed E-state index contributed by atoms with van der Waals surface area (Å²) >= 11 is 14.1. The molecule has 0 saturated heterocycles. The molecule has 0 saturated carbocycles. The summed E-state index contributed by atoms with van der Waals surface area (Å²) < 4.78 is 10.7. The predicted molar refractivity (Wildman–Crippen MR) is 36.9 cm³/mol. The van der Waals surface area contributed by atoms with Crippen molar-refractivity contribution in [1.82, 2.24) is 0 Å². The van der Waals surface area contributed by atoms with Gasteiger partial charge in [0.15, 0.2) is 5.29 Å². The normalized spacial score (nSPS) is 6.50. The SMILES string of the molecule is C=C(Cl)Cl.C=C(F)Cl. The van der Waals surface area contributed by atoms with Crippen molar-refractivity contribution >= 4 is 34.8 Å². The molecule has 4 heteroatoms. The Hall–Kier alpha value is 0.280. The molecule has 0 aliphatic carbocycles. The zero-order chi connectivity index (χ0) is 7.15. The van der Waals surface area contributed by atoms with E-state index in [-0.39, 0.29) is 4.49 Å². The lowest BCUT2D eigenvalue weighted by Gasteiger charge is -1.57. The van der Waals surface area contributed by atoms with Crippen LogP contribution in [0.15, 0.2) is 22.9 Å². The molecule has 0 aromatic heterocycles. The number of halogens is 4. The van der Waals surface area contributed by atoms with E-state index < -0.39 is 5.29 Å². The summed E-state index contributed by atoms with van der Waals surface area (Å²) in [5.74, 6) is 0. The topological polar surface area (TPSA) is 0 Å². The lowest BCUT2D eigenvalue weighted by atomic mass is 11.2. The first-order valence-electron chi connectivity index (χ1n) is 1.46. The van der Waals surface area contributed by atoms with E-state index >= 15 is 0 Å². The van der Waals surface area contributed by atoms with Gasteiger partial charge in [-0.25, -0.2) is 0 Å². The second kappa shape index (κ2) is 7.28. The van der Waals surface area contributed by atoms with Crippen LogP contribution in [0.5, 0.6) is 0 Å². The van der Waals surface area contributed by atoms with Gasteiger partial charge in [0.05, 0.1) is 4.49 Å². The van der Waals surface area contributed by atoms with Crippen molar-refractivity contribution in [1.29, 1.82) is 0 Å². The van der Waals surface area contributed by atoms with Crippen LogP contribution >= 0.6 is 34.8 Å². The van der Waals surface area contributed by atoms with Gasteiger partial charge in [0.2, 0.25) is 0 Å². The Kier molecular flexibility index (Phi) is 10.1. The number of rotatable bonds is 0. The summed E-state index contributed by atoms with van der Waals surface area (Å²) in [6.45, 7) is 5.74. The van der Waals surface area contributed by atoms with E-state index in [1.54, 1.807) is 0 Å². The quantitative estimate of drug-likeness (QED) is 0.530. The molecule has 0 spiro atoms. The van der Waals surface area contributed by atoms with Gasteiger partial charge in [-0.3, -0.25) is 0 Å². The highest BCUT2D eigenvalue weighted by Crippen LogP contribution is 1.98. The Morgan fingerprint density at radius 1 is 1.12 bits per heavy atom. The van der Waals surface area contributed by atoms with Crippen LogP contribution in [0.3, 0.4) is 0 Å². The van der Waals surface area contributed by atoms with Crippen molar-refractivity contribution in [2.24, 2.45) is 0 Å². The van der Waals surface area contributed by atoms with Gasteiger partial charge >= 0.3 is 0 Å². The van der Waals surface area contributed by atoms with E-state index in [9.17, 15) is 4.39 Å². The first-order valence-corrected chi connectivity index (χ1v) is 2.60. The molecule has 0 atom stereocenters. The van der Waals surface area contributed by atoms with Crippen LogP contribution in [0.2, 0.25) is 0 Å². The molecule has 0 aromatic carbocycles. The van der Waals surface area contributed by atoms with Crippen LogP contribution in [0.1, 0.15) is 0 Å². The highest BCUT2D eigenvalue weighted by atomic mass is 35.5. The minimum absolute atomic E-state index is 0.111. The molecule has 0 radical (unpaired) electrons. The fourth-order valence-corrected chi connectivity index (χ4v) is 0. The van der Waals surface area contributed by atoms with Gasteiger partial charge in [-0.1, -0.05) is 48.0 Å². The Morgan fingerprint density at radius 3 is 1.12 bits per heavy atom. The Balaban J connectivity index is 0. The summed E-state index contributed by atoms with van der Waals surface area (Å²) in [6.07, 6.45) is 0. The minimum Gasteiger partial charge on any atom is -0.194 e. The molecular formula is C4H4Cl3F. The molecule has 0 aliphatic heterocycles. The summed E-state index contributed by atoms with van der Waals surface area (Å²) in [5, 5.41) is -0.861. The minimum atomic E-state index is -0.861. The maximum Gasteiger partial charge on any atom is 0.181 e.